The molecule has 0 aromatic carbocycles. The van der Waals surface area contributed by atoms with Crippen LogP contribution in [0.5, 0.6) is 0 Å². The van der Waals surface area contributed by atoms with Crippen LogP contribution in [-0.2, 0) is 13.6 Å². The summed E-state index contributed by atoms with van der Waals surface area (Å²) in [6.45, 7) is 0.639. The van der Waals surface area contributed by atoms with Crippen LogP contribution in [0.4, 0.5) is 0 Å². The lowest BCUT2D eigenvalue weighted by Gasteiger charge is -2.17. The van der Waals surface area contributed by atoms with Gasteiger partial charge in [0.1, 0.15) is 5.69 Å². The van der Waals surface area contributed by atoms with Crippen molar-refractivity contribution in [3.8, 4) is 0 Å². The number of pyridine rings is 1. The van der Waals surface area contributed by atoms with Gasteiger partial charge in [-0.1, -0.05) is 17.7 Å². The van der Waals surface area contributed by atoms with Crippen molar-refractivity contribution in [1.82, 2.24) is 19.7 Å². The number of hydrogen-bond acceptors (Lipinski definition) is 4. The van der Waals surface area contributed by atoms with Gasteiger partial charge in [0.05, 0.1) is 23.4 Å². The number of carbonyl (C=O) groups is 1. The molecule has 128 valence electrons. The third kappa shape index (κ3) is 3.52. The van der Waals surface area contributed by atoms with E-state index in [2.05, 4.69) is 10.4 Å². The first kappa shape index (κ1) is 16.7. The van der Waals surface area contributed by atoms with Crippen molar-refractivity contribution in [2.75, 3.05) is 0 Å². The van der Waals surface area contributed by atoms with E-state index in [0.29, 0.717) is 24.4 Å². The molecule has 1 aliphatic carbocycles. The Morgan fingerprint density at radius 2 is 2.25 bits per heavy atom. The molecule has 8 heteroatoms. The maximum atomic E-state index is 12.4. The lowest BCUT2D eigenvalue weighted by atomic mass is 10.1. The number of hydrogen-bond donors (Lipinski definition) is 2. The van der Waals surface area contributed by atoms with Gasteiger partial charge < -0.3 is 15.0 Å². The molecule has 2 N–H and O–H groups in total. The molecule has 0 saturated heterocycles. The molecule has 0 radical (unpaired) electrons. The summed E-state index contributed by atoms with van der Waals surface area (Å²) in [7, 11) is 1.55. The molecule has 1 unspecified atom stereocenters. The van der Waals surface area contributed by atoms with Gasteiger partial charge in [-0.15, -0.1) is 0 Å². The van der Waals surface area contributed by atoms with E-state index in [1.807, 2.05) is 0 Å². The van der Waals surface area contributed by atoms with E-state index in [0.717, 1.165) is 0 Å². The molecule has 1 aliphatic rings. The number of aliphatic hydroxyl groups excluding tert-OH is 1. The molecular weight excluding hydrogens is 332 g/mol. The highest BCUT2D eigenvalue weighted by Crippen LogP contribution is 2.28. The summed E-state index contributed by atoms with van der Waals surface area (Å²) in [5.41, 5.74) is 0.0278. The fraction of sp³-hybridized carbons (Fsp3) is 0.438. The third-order valence-electron chi connectivity index (χ3n) is 4.41. The zero-order valence-electron chi connectivity index (χ0n) is 13.2. The first-order valence-electron chi connectivity index (χ1n) is 7.77. The first-order valence-corrected chi connectivity index (χ1v) is 8.15. The van der Waals surface area contributed by atoms with Crippen LogP contribution >= 0.6 is 11.6 Å². The summed E-state index contributed by atoms with van der Waals surface area (Å²) < 4.78 is 3.03. The van der Waals surface area contributed by atoms with Crippen LogP contribution in [-0.4, -0.2) is 37.5 Å². The standard InChI is InChI=1S/C16H19ClN4O3/c1-20-13(3-2-4-15(20)23)16(24)19-12-5-10(6-14(12)22)8-21-9-11(17)7-18-21/h2-4,7,9-10,12,14,22H,5-6,8H2,1H3,(H,19,24)/t10?,12-,14-/m1/s1. The molecule has 1 amide bonds. The number of rotatable bonds is 4. The van der Waals surface area contributed by atoms with Crippen LogP contribution in [0.25, 0.3) is 0 Å². The monoisotopic (exact) mass is 350 g/mol. The normalized spacial score (nSPS) is 23.4. The minimum atomic E-state index is -0.620. The van der Waals surface area contributed by atoms with E-state index in [9.17, 15) is 14.7 Å². The number of aromatic nitrogens is 3. The number of nitrogens with zero attached hydrogens (tertiary/aromatic N) is 3. The van der Waals surface area contributed by atoms with Crippen molar-refractivity contribution in [2.45, 2.75) is 31.5 Å². The molecule has 0 spiro atoms. The highest BCUT2D eigenvalue weighted by atomic mass is 35.5. The highest BCUT2D eigenvalue weighted by Gasteiger charge is 2.34. The van der Waals surface area contributed by atoms with Gasteiger partial charge in [-0.3, -0.25) is 14.3 Å². The minimum absolute atomic E-state index is 0.195. The van der Waals surface area contributed by atoms with E-state index in [-0.39, 0.29) is 29.1 Å². The van der Waals surface area contributed by atoms with Crippen molar-refractivity contribution in [3.05, 3.63) is 51.7 Å². The van der Waals surface area contributed by atoms with E-state index >= 15 is 0 Å². The topological polar surface area (TPSA) is 89.2 Å². The molecule has 3 atom stereocenters. The Morgan fingerprint density at radius 3 is 2.96 bits per heavy atom. The summed E-state index contributed by atoms with van der Waals surface area (Å²) in [6, 6.07) is 4.18. The molecule has 1 fully saturated rings. The number of nitrogens with one attached hydrogen (secondary N) is 1. The Bertz CT molecular complexity index is 801. The second kappa shape index (κ2) is 6.78. The fourth-order valence-electron chi connectivity index (χ4n) is 3.16. The Labute approximate surface area is 143 Å². The van der Waals surface area contributed by atoms with E-state index in [1.165, 1.54) is 10.6 Å². The van der Waals surface area contributed by atoms with E-state index < -0.39 is 6.10 Å². The van der Waals surface area contributed by atoms with Crippen molar-refractivity contribution < 1.29 is 9.90 Å². The molecule has 2 aromatic heterocycles. The zero-order valence-corrected chi connectivity index (χ0v) is 14.0. The molecule has 2 aromatic rings. The summed E-state index contributed by atoms with van der Waals surface area (Å²) in [6.07, 6.45) is 3.91. The quantitative estimate of drug-likeness (QED) is 0.853. The van der Waals surface area contributed by atoms with Gasteiger partial charge in [0, 0.05) is 25.9 Å². The molecule has 24 heavy (non-hydrogen) atoms. The summed E-state index contributed by atoms with van der Waals surface area (Å²) in [5, 5.41) is 17.8. The smallest absolute Gasteiger partial charge is 0.268 e. The van der Waals surface area contributed by atoms with E-state index in [1.54, 1.807) is 36.3 Å². The number of aliphatic hydroxyl groups is 1. The summed E-state index contributed by atoms with van der Waals surface area (Å²) >= 11 is 5.85. The zero-order chi connectivity index (χ0) is 17.3. The molecule has 7 nitrogen and oxygen atoms in total. The van der Waals surface area contributed by atoms with Gasteiger partial charge in [0.15, 0.2) is 0 Å². The van der Waals surface area contributed by atoms with Crippen LogP contribution in [0.1, 0.15) is 23.3 Å². The maximum absolute atomic E-state index is 12.4. The predicted molar refractivity (Wildman–Crippen MR) is 88.9 cm³/mol. The Kier molecular flexibility index (Phi) is 4.73. The van der Waals surface area contributed by atoms with Crippen molar-refractivity contribution in [2.24, 2.45) is 13.0 Å². The second-order valence-electron chi connectivity index (χ2n) is 6.17. The van der Waals surface area contributed by atoms with Crippen LogP contribution < -0.4 is 10.9 Å². The first-order chi connectivity index (χ1) is 11.4. The molecule has 3 rings (SSSR count). The Balaban J connectivity index is 1.64. The Hall–Kier alpha value is -2.12. The molecule has 0 aliphatic heterocycles. The van der Waals surface area contributed by atoms with Crippen molar-refractivity contribution >= 4 is 17.5 Å². The van der Waals surface area contributed by atoms with Gasteiger partial charge in [0.2, 0.25) is 0 Å². The fourth-order valence-corrected chi connectivity index (χ4v) is 3.32. The van der Waals surface area contributed by atoms with Gasteiger partial charge in [-0.25, -0.2) is 0 Å². The van der Waals surface area contributed by atoms with Crippen molar-refractivity contribution in [1.29, 1.82) is 0 Å². The average Bonchev–Trinajstić information content (AvgIpc) is 3.08. The summed E-state index contributed by atoms with van der Waals surface area (Å²) in [5.74, 6) is -0.164. The van der Waals surface area contributed by atoms with Crippen LogP contribution in [0.15, 0.2) is 35.4 Å². The van der Waals surface area contributed by atoms with Gasteiger partial charge in [-0.2, -0.15) is 5.10 Å². The SMILES string of the molecule is Cn1c(C(=O)N[C@@H]2CC(Cn3cc(Cl)cn3)C[C@H]2O)cccc1=O. The molecular formula is C16H19ClN4O3. The largest absolute Gasteiger partial charge is 0.391 e. The predicted octanol–water partition coefficient (Wildman–Crippen LogP) is 0.805. The van der Waals surface area contributed by atoms with Crippen molar-refractivity contribution in [3.63, 3.8) is 0 Å². The molecule has 2 heterocycles. The maximum Gasteiger partial charge on any atom is 0.268 e. The Morgan fingerprint density at radius 1 is 1.46 bits per heavy atom. The van der Waals surface area contributed by atoms with Crippen LogP contribution in [0.3, 0.4) is 0 Å². The van der Waals surface area contributed by atoms with Crippen LogP contribution in [0, 0.1) is 5.92 Å². The third-order valence-corrected chi connectivity index (χ3v) is 4.60. The second-order valence-corrected chi connectivity index (χ2v) is 6.61. The number of amides is 1. The average molecular weight is 351 g/mol. The van der Waals surface area contributed by atoms with Gasteiger partial charge in [0.25, 0.3) is 11.5 Å². The summed E-state index contributed by atoms with van der Waals surface area (Å²) in [4.78, 5) is 24.0. The lowest BCUT2D eigenvalue weighted by molar-refractivity contribution is 0.0863. The van der Waals surface area contributed by atoms with Crippen LogP contribution in [0.2, 0.25) is 5.02 Å². The number of carbonyl (C=O) groups excluding carboxylic acids is 1. The molecule has 0 bridgehead atoms. The highest BCUT2D eigenvalue weighted by molar-refractivity contribution is 6.30. The lowest BCUT2D eigenvalue weighted by Crippen LogP contribution is -2.41. The minimum Gasteiger partial charge on any atom is -0.391 e. The molecule has 1 saturated carbocycles. The van der Waals surface area contributed by atoms with E-state index in [4.69, 9.17) is 11.6 Å². The van der Waals surface area contributed by atoms with Gasteiger partial charge in [-0.05, 0) is 24.8 Å². The van der Waals surface area contributed by atoms with Gasteiger partial charge >= 0.3 is 0 Å². The number of halogens is 1.